The Hall–Kier alpha value is -3.59. The van der Waals surface area contributed by atoms with E-state index in [-0.39, 0.29) is 11.5 Å². The largest absolute Gasteiger partial charge is 0.420 e. The highest BCUT2D eigenvalue weighted by atomic mass is 19.1. The average Bonchev–Trinajstić information content (AvgIpc) is 3.17. The van der Waals surface area contributed by atoms with Crippen LogP contribution in [-0.2, 0) is 0 Å². The van der Waals surface area contributed by atoms with Crippen LogP contribution in [0.4, 0.5) is 16.0 Å². The fourth-order valence-corrected chi connectivity index (χ4v) is 3.23. The number of anilines is 2. The van der Waals surface area contributed by atoms with Gasteiger partial charge in [-0.1, -0.05) is 30.3 Å². The summed E-state index contributed by atoms with van der Waals surface area (Å²) in [4.78, 5) is 8.64. The van der Waals surface area contributed by atoms with Crippen molar-refractivity contribution in [3.63, 3.8) is 0 Å². The second-order valence-electron chi connectivity index (χ2n) is 6.51. The van der Waals surface area contributed by atoms with Crippen LogP contribution >= 0.6 is 0 Å². The van der Waals surface area contributed by atoms with Crippen LogP contribution in [0.15, 0.2) is 59.0 Å². The molecule has 3 aromatic rings. The van der Waals surface area contributed by atoms with Crippen LogP contribution in [0.5, 0.6) is 0 Å². The molecule has 2 aromatic carbocycles. The number of nitriles is 1. The van der Waals surface area contributed by atoms with Gasteiger partial charge in [0.05, 0.1) is 0 Å². The molecule has 0 spiro atoms. The Morgan fingerprint density at radius 2 is 1.61 bits per heavy atom. The minimum Gasteiger partial charge on any atom is -0.420 e. The van der Waals surface area contributed by atoms with E-state index in [0.29, 0.717) is 11.8 Å². The van der Waals surface area contributed by atoms with Crippen molar-refractivity contribution in [2.75, 3.05) is 36.0 Å². The second kappa shape index (κ2) is 7.97. The van der Waals surface area contributed by atoms with Gasteiger partial charge in [0.15, 0.2) is 0 Å². The summed E-state index contributed by atoms with van der Waals surface area (Å²) < 4.78 is 18.8. The number of rotatable bonds is 4. The lowest BCUT2D eigenvalue weighted by atomic mass is 10.2. The van der Waals surface area contributed by atoms with Crippen molar-refractivity contribution in [1.29, 1.82) is 5.26 Å². The van der Waals surface area contributed by atoms with Gasteiger partial charge in [-0.2, -0.15) is 10.2 Å². The van der Waals surface area contributed by atoms with Gasteiger partial charge >= 0.3 is 0 Å². The molecule has 0 bridgehead atoms. The van der Waals surface area contributed by atoms with Gasteiger partial charge in [0.2, 0.25) is 17.5 Å². The third kappa shape index (κ3) is 3.89. The molecule has 0 N–H and O–H groups in total. The van der Waals surface area contributed by atoms with E-state index in [1.807, 2.05) is 18.2 Å². The molecule has 0 amide bonds. The summed E-state index contributed by atoms with van der Waals surface area (Å²) in [6.45, 7) is 3.19. The average molecular weight is 374 g/mol. The number of hydrogen-bond donors (Lipinski definition) is 0. The van der Waals surface area contributed by atoms with Crippen LogP contribution < -0.4 is 9.80 Å². The molecule has 1 saturated heterocycles. The van der Waals surface area contributed by atoms with Crippen molar-refractivity contribution >= 4 is 23.7 Å². The summed E-state index contributed by atoms with van der Waals surface area (Å²) in [5.74, 6) is 0.590. The van der Waals surface area contributed by atoms with Gasteiger partial charge in [0.1, 0.15) is 11.9 Å². The maximum Gasteiger partial charge on any atom is 0.235 e. The van der Waals surface area contributed by atoms with Crippen LogP contribution in [0.1, 0.15) is 17.1 Å². The number of halogens is 1. The SMILES string of the molecule is N#Cc1nc(/C=C/c2ccc(F)cc2)oc1N1CCN(c2ccccc2)CC1. The monoisotopic (exact) mass is 374 g/mol. The van der Waals surface area contributed by atoms with Crippen LogP contribution in [0.2, 0.25) is 0 Å². The van der Waals surface area contributed by atoms with Crippen molar-refractivity contribution in [3.8, 4) is 6.07 Å². The van der Waals surface area contributed by atoms with Crippen LogP contribution in [0.25, 0.3) is 12.2 Å². The van der Waals surface area contributed by atoms with E-state index < -0.39 is 0 Å². The van der Waals surface area contributed by atoms with E-state index in [1.165, 1.54) is 17.8 Å². The van der Waals surface area contributed by atoms with Crippen molar-refractivity contribution < 1.29 is 8.81 Å². The molecular formula is C22H19FN4O. The molecule has 4 rings (SSSR count). The van der Waals surface area contributed by atoms with Crippen molar-refractivity contribution in [3.05, 3.63) is 77.6 Å². The Bertz CT molecular complexity index is 997. The lowest BCUT2D eigenvalue weighted by Crippen LogP contribution is -2.46. The normalized spacial score (nSPS) is 14.4. The second-order valence-corrected chi connectivity index (χ2v) is 6.51. The first-order valence-electron chi connectivity index (χ1n) is 9.12. The van der Waals surface area contributed by atoms with Gasteiger partial charge in [-0.05, 0) is 35.9 Å². The Kier molecular flexibility index (Phi) is 5.07. The van der Waals surface area contributed by atoms with E-state index in [0.717, 1.165) is 31.7 Å². The molecule has 0 aliphatic carbocycles. The highest BCUT2D eigenvalue weighted by Gasteiger charge is 2.23. The van der Waals surface area contributed by atoms with Gasteiger partial charge in [0.25, 0.3) is 0 Å². The zero-order valence-electron chi connectivity index (χ0n) is 15.3. The summed E-state index contributed by atoms with van der Waals surface area (Å²) in [5.41, 5.74) is 2.31. The molecule has 1 aromatic heterocycles. The van der Waals surface area contributed by atoms with E-state index in [1.54, 1.807) is 24.3 Å². The predicted octanol–water partition coefficient (Wildman–Crippen LogP) is 4.18. The third-order valence-corrected chi connectivity index (χ3v) is 4.71. The molecule has 1 aliphatic rings. The number of aromatic nitrogens is 1. The molecule has 1 fully saturated rings. The lowest BCUT2D eigenvalue weighted by Gasteiger charge is -2.35. The summed E-state index contributed by atoms with van der Waals surface area (Å²) in [6, 6.07) is 18.5. The van der Waals surface area contributed by atoms with Crippen LogP contribution in [-0.4, -0.2) is 31.2 Å². The number of benzene rings is 2. The summed E-state index contributed by atoms with van der Waals surface area (Å²) in [7, 11) is 0. The summed E-state index contributed by atoms with van der Waals surface area (Å²) in [5, 5.41) is 9.43. The summed E-state index contributed by atoms with van der Waals surface area (Å²) in [6.07, 6.45) is 3.47. The maximum atomic E-state index is 13.0. The van der Waals surface area contributed by atoms with Gasteiger partial charge in [-0.3, -0.25) is 0 Å². The van der Waals surface area contributed by atoms with Gasteiger partial charge in [-0.15, -0.1) is 0 Å². The van der Waals surface area contributed by atoms with Crippen molar-refractivity contribution in [2.24, 2.45) is 0 Å². The minimum atomic E-state index is -0.281. The van der Waals surface area contributed by atoms with E-state index >= 15 is 0 Å². The molecule has 0 unspecified atom stereocenters. The predicted molar refractivity (Wildman–Crippen MR) is 107 cm³/mol. The van der Waals surface area contributed by atoms with Crippen molar-refractivity contribution in [2.45, 2.75) is 0 Å². The third-order valence-electron chi connectivity index (χ3n) is 4.71. The number of hydrogen-bond acceptors (Lipinski definition) is 5. The molecule has 0 radical (unpaired) electrons. The lowest BCUT2D eigenvalue weighted by molar-refractivity contribution is 0.513. The summed E-state index contributed by atoms with van der Waals surface area (Å²) >= 11 is 0. The van der Waals surface area contributed by atoms with E-state index in [9.17, 15) is 9.65 Å². The standard InChI is InChI=1S/C22H19FN4O/c23-18-9-6-17(7-10-18)8-11-21-25-20(16-24)22(28-21)27-14-12-26(13-15-27)19-4-2-1-3-5-19/h1-11H,12-15H2/b11-8+. The highest BCUT2D eigenvalue weighted by Crippen LogP contribution is 2.25. The molecule has 2 heterocycles. The molecule has 140 valence electrons. The molecule has 28 heavy (non-hydrogen) atoms. The zero-order valence-corrected chi connectivity index (χ0v) is 15.3. The van der Waals surface area contributed by atoms with E-state index in [2.05, 4.69) is 33.0 Å². The Morgan fingerprint density at radius 1 is 0.929 bits per heavy atom. The number of oxazole rings is 1. The quantitative estimate of drug-likeness (QED) is 0.686. The minimum absolute atomic E-state index is 0.281. The first-order chi connectivity index (χ1) is 13.7. The van der Waals surface area contributed by atoms with Gasteiger partial charge < -0.3 is 14.2 Å². The van der Waals surface area contributed by atoms with Gasteiger partial charge in [0, 0.05) is 37.9 Å². The van der Waals surface area contributed by atoms with Crippen molar-refractivity contribution in [1.82, 2.24) is 4.98 Å². The maximum absolute atomic E-state index is 13.0. The number of piperazine rings is 1. The molecule has 1 aliphatic heterocycles. The molecule has 5 nitrogen and oxygen atoms in total. The first kappa shape index (κ1) is 17.8. The topological polar surface area (TPSA) is 56.3 Å². The molecule has 0 atom stereocenters. The molecular weight excluding hydrogens is 355 g/mol. The number of nitrogens with zero attached hydrogens (tertiary/aromatic N) is 4. The Balaban J connectivity index is 1.46. The fourth-order valence-electron chi connectivity index (χ4n) is 3.23. The van der Waals surface area contributed by atoms with Gasteiger partial charge in [-0.25, -0.2) is 4.39 Å². The smallest absolute Gasteiger partial charge is 0.235 e. The Labute approximate surface area is 162 Å². The Morgan fingerprint density at radius 3 is 2.29 bits per heavy atom. The molecule has 6 heteroatoms. The fraction of sp³-hybridized carbons (Fsp3) is 0.182. The first-order valence-corrected chi connectivity index (χ1v) is 9.12. The molecule has 0 saturated carbocycles. The van der Waals surface area contributed by atoms with E-state index in [4.69, 9.17) is 4.42 Å². The highest BCUT2D eigenvalue weighted by molar-refractivity contribution is 5.67. The number of para-hydroxylation sites is 1. The van der Waals surface area contributed by atoms with Crippen LogP contribution in [0, 0.1) is 17.1 Å². The zero-order chi connectivity index (χ0) is 19.3. The van der Waals surface area contributed by atoms with Crippen LogP contribution in [0.3, 0.4) is 0 Å².